The third-order valence-corrected chi connectivity index (χ3v) is 13.0. The lowest BCUT2D eigenvalue weighted by molar-refractivity contribution is -0.167. The molecule has 0 saturated carbocycles. The van der Waals surface area contributed by atoms with Crippen molar-refractivity contribution >= 4 is 17.9 Å². The van der Waals surface area contributed by atoms with E-state index in [2.05, 4.69) is 32.9 Å². The molecule has 6 nitrogen and oxygen atoms in total. The zero-order valence-electron chi connectivity index (χ0n) is 43.3. The van der Waals surface area contributed by atoms with Crippen molar-refractivity contribution in [1.29, 1.82) is 0 Å². The van der Waals surface area contributed by atoms with Crippen LogP contribution in [0.15, 0.2) is 12.2 Å². The fraction of sp³-hybridized carbons (Fsp3) is 0.914. The zero-order chi connectivity index (χ0) is 46.5. The maximum atomic E-state index is 12.7. The van der Waals surface area contributed by atoms with Crippen LogP contribution < -0.4 is 0 Å². The molecular weight excluding hydrogens is 793 g/mol. The quantitative estimate of drug-likeness (QED) is 0.0262. The molecule has 1 unspecified atom stereocenters. The predicted octanol–water partition coefficient (Wildman–Crippen LogP) is 18.9. The van der Waals surface area contributed by atoms with E-state index >= 15 is 0 Å². The van der Waals surface area contributed by atoms with Crippen molar-refractivity contribution in [2.75, 3.05) is 13.2 Å². The normalized spacial score (nSPS) is 12.0. The number of allylic oxidation sites excluding steroid dienone is 2. The van der Waals surface area contributed by atoms with Gasteiger partial charge in [0.2, 0.25) is 0 Å². The highest BCUT2D eigenvalue weighted by molar-refractivity contribution is 5.71. The summed E-state index contributed by atoms with van der Waals surface area (Å²) in [6.07, 6.45) is 61.0. The first-order valence-corrected chi connectivity index (χ1v) is 28.7. The van der Waals surface area contributed by atoms with Crippen molar-refractivity contribution in [3.8, 4) is 0 Å². The van der Waals surface area contributed by atoms with Gasteiger partial charge >= 0.3 is 17.9 Å². The van der Waals surface area contributed by atoms with Gasteiger partial charge in [-0.1, -0.05) is 277 Å². The monoisotopic (exact) mass is 903 g/mol. The molecule has 0 aliphatic heterocycles. The molecule has 0 aromatic carbocycles. The molecule has 0 aromatic heterocycles. The summed E-state index contributed by atoms with van der Waals surface area (Å²) in [7, 11) is 0. The van der Waals surface area contributed by atoms with Gasteiger partial charge in [-0.05, 0) is 38.5 Å². The highest BCUT2D eigenvalue weighted by atomic mass is 16.6. The smallest absolute Gasteiger partial charge is 0.306 e. The van der Waals surface area contributed by atoms with Crippen LogP contribution in [0.5, 0.6) is 0 Å². The van der Waals surface area contributed by atoms with Gasteiger partial charge in [0.1, 0.15) is 13.2 Å². The lowest BCUT2D eigenvalue weighted by Gasteiger charge is -2.18. The van der Waals surface area contributed by atoms with Crippen molar-refractivity contribution in [3.05, 3.63) is 12.2 Å². The van der Waals surface area contributed by atoms with Crippen LogP contribution in [-0.2, 0) is 28.6 Å². The van der Waals surface area contributed by atoms with Crippen LogP contribution >= 0.6 is 0 Å². The summed E-state index contributed by atoms with van der Waals surface area (Å²) < 4.78 is 16.8. The van der Waals surface area contributed by atoms with E-state index in [1.807, 2.05) is 0 Å². The number of ether oxygens (including phenoxy) is 3. The molecule has 0 radical (unpaired) electrons. The Labute approximate surface area is 399 Å². The van der Waals surface area contributed by atoms with Crippen molar-refractivity contribution in [2.24, 2.45) is 0 Å². The summed E-state index contributed by atoms with van der Waals surface area (Å²) in [5, 5.41) is 0. The minimum atomic E-state index is -0.766. The van der Waals surface area contributed by atoms with Crippen molar-refractivity contribution in [2.45, 2.75) is 329 Å². The molecule has 0 aromatic rings. The van der Waals surface area contributed by atoms with Crippen molar-refractivity contribution < 1.29 is 28.6 Å². The number of rotatable bonds is 53. The summed E-state index contributed by atoms with van der Waals surface area (Å²) >= 11 is 0. The largest absolute Gasteiger partial charge is 0.462 e. The van der Waals surface area contributed by atoms with Gasteiger partial charge in [-0.3, -0.25) is 14.4 Å². The fourth-order valence-corrected chi connectivity index (χ4v) is 8.68. The van der Waals surface area contributed by atoms with E-state index < -0.39 is 6.10 Å². The second kappa shape index (κ2) is 53.8. The average molecular weight is 904 g/mol. The van der Waals surface area contributed by atoms with E-state index in [-0.39, 0.29) is 31.1 Å². The highest BCUT2D eigenvalue weighted by Crippen LogP contribution is 2.18. The summed E-state index contributed by atoms with van der Waals surface area (Å²) in [6, 6.07) is 0. The first-order chi connectivity index (χ1) is 31.5. The Morgan fingerprint density at radius 3 is 0.844 bits per heavy atom. The lowest BCUT2D eigenvalue weighted by Crippen LogP contribution is -2.30. The molecule has 378 valence electrons. The molecule has 1 atom stereocenters. The number of carbonyl (C=O) groups is 3. The van der Waals surface area contributed by atoms with E-state index in [0.717, 1.165) is 70.6 Å². The fourth-order valence-electron chi connectivity index (χ4n) is 8.68. The molecule has 0 heterocycles. The van der Waals surface area contributed by atoms with Gasteiger partial charge in [0.25, 0.3) is 0 Å². The molecule has 0 aliphatic rings. The Morgan fingerprint density at radius 2 is 0.547 bits per heavy atom. The molecule has 0 N–H and O–H groups in total. The molecule has 0 rings (SSSR count). The average Bonchev–Trinajstić information content (AvgIpc) is 3.29. The minimum absolute atomic E-state index is 0.0685. The summed E-state index contributed by atoms with van der Waals surface area (Å²) in [6.45, 7) is 6.59. The molecule has 64 heavy (non-hydrogen) atoms. The second-order valence-corrected chi connectivity index (χ2v) is 19.6. The van der Waals surface area contributed by atoms with Crippen LogP contribution in [0.3, 0.4) is 0 Å². The number of unbranched alkanes of at least 4 members (excludes halogenated alkanes) is 40. The molecule has 0 bridgehead atoms. The molecule has 0 spiro atoms. The Morgan fingerprint density at radius 1 is 0.297 bits per heavy atom. The number of hydrogen-bond acceptors (Lipinski definition) is 6. The van der Waals surface area contributed by atoms with Gasteiger partial charge in [0.15, 0.2) is 6.10 Å². The molecule has 0 aliphatic carbocycles. The third-order valence-electron chi connectivity index (χ3n) is 13.0. The van der Waals surface area contributed by atoms with Crippen LogP contribution in [0, 0.1) is 0 Å². The van der Waals surface area contributed by atoms with Crippen molar-refractivity contribution in [1.82, 2.24) is 0 Å². The highest BCUT2D eigenvalue weighted by Gasteiger charge is 2.19. The van der Waals surface area contributed by atoms with E-state index in [4.69, 9.17) is 14.2 Å². The van der Waals surface area contributed by atoms with Gasteiger partial charge in [-0.25, -0.2) is 0 Å². The van der Waals surface area contributed by atoms with Crippen LogP contribution in [0.2, 0.25) is 0 Å². The number of hydrogen-bond donors (Lipinski definition) is 0. The minimum Gasteiger partial charge on any atom is -0.462 e. The summed E-state index contributed by atoms with van der Waals surface area (Å²) in [5.41, 5.74) is 0. The van der Waals surface area contributed by atoms with Gasteiger partial charge in [-0.15, -0.1) is 0 Å². The van der Waals surface area contributed by atoms with Gasteiger partial charge < -0.3 is 14.2 Å². The molecule has 0 fully saturated rings. The van der Waals surface area contributed by atoms with Gasteiger partial charge in [-0.2, -0.15) is 0 Å². The van der Waals surface area contributed by atoms with Crippen LogP contribution in [0.1, 0.15) is 323 Å². The van der Waals surface area contributed by atoms with Gasteiger partial charge in [0.05, 0.1) is 0 Å². The van der Waals surface area contributed by atoms with Gasteiger partial charge in [0, 0.05) is 19.3 Å². The van der Waals surface area contributed by atoms with Crippen molar-refractivity contribution in [3.63, 3.8) is 0 Å². The molecule has 6 heteroatoms. The second-order valence-electron chi connectivity index (χ2n) is 19.6. The molecule has 0 saturated heterocycles. The first kappa shape index (κ1) is 62.1. The van der Waals surface area contributed by atoms with Crippen LogP contribution in [0.25, 0.3) is 0 Å². The first-order valence-electron chi connectivity index (χ1n) is 28.7. The summed E-state index contributed by atoms with van der Waals surface area (Å²) in [5.74, 6) is -0.865. The Kier molecular flexibility index (Phi) is 52.2. The topological polar surface area (TPSA) is 78.9 Å². The van der Waals surface area contributed by atoms with E-state index in [1.54, 1.807) is 0 Å². The number of carbonyl (C=O) groups excluding carboxylic acids is 3. The molecular formula is C58H110O6. The Bertz CT molecular complexity index is 993. The predicted molar refractivity (Wildman–Crippen MR) is 275 cm³/mol. The van der Waals surface area contributed by atoms with E-state index in [0.29, 0.717) is 19.3 Å². The van der Waals surface area contributed by atoms with Crippen LogP contribution in [0.4, 0.5) is 0 Å². The zero-order valence-corrected chi connectivity index (χ0v) is 43.3. The SMILES string of the molecule is CCC/C=C\CCCCCCCC(=O)OC(COC(=O)CCCCCCCCCCC)COC(=O)CCCCCCCCCCCCCCCCCCCCCCCCCCCCC. The maximum absolute atomic E-state index is 12.7. The standard InChI is InChI=1S/C58H110O6/c1-4-7-10-13-16-19-21-22-23-24-25-26-27-28-29-30-31-32-33-34-35-36-37-40-42-45-48-51-57(60)63-54-55(53-62-56(59)50-47-44-41-38-18-15-12-9-6-3)64-58(61)52-49-46-43-39-20-17-14-11-8-5-2/h11,14,55H,4-10,12-13,15-54H2,1-3H3/b14-11-. The Balaban J connectivity index is 4.00. The maximum Gasteiger partial charge on any atom is 0.306 e. The summed E-state index contributed by atoms with van der Waals surface area (Å²) in [4.78, 5) is 37.8. The third kappa shape index (κ3) is 51.1. The van der Waals surface area contributed by atoms with E-state index in [1.165, 1.54) is 212 Å². The van der Waals surface area contributed by atoms with E-state index in [9.17, 15) is 14.4 Å². The number of esters is 3. The van der Waals surface area contributed by atoms with Crippen LogP contribution in [-0.4, -0.2) is 37.2 Å². The Hall–Kier alpha value is -1.85. The molecule has 0 amide bonds. The lowest BCUT2D eigenvalue weighted by atomic mass is 10.0.